The van der Waals surface area contributed by atoms with Crippen molar-refractivity contribution in [1.82, 2.24) is 9.38 Å². The summed E-state index contributed by atoms with van der Waals surface area (Å²) in [5.41, 5.74) is 4.37. The Morgan fingerprint density at radius 1 is 1.28 bits per heavy atom. The number of para-hydroxylation sites is 2. The van der Waals surface area contributed by atoms with Crippen LogP contribution in [0.2, 0.25) is 0 Å². The van der Waals surface area contributed by atoms with Gasteiger partial charge in [-0.15, -0.1) is 0 Å². The molecule has 0 amide bonds. The van der Waals surface area contributed by atoms with Crippen molar-refractivity contribution in [2.75, 3.05) is 24.6 Å². The summed E-state index contributed by atoms with van der Waals surface area (Å²) < 4.78 is 7.92. The quantitative estimate of drug-likeness (QED) is 0.733. The van der Waals surface area contributed by atoms with Crippen molar-refractivity contribution in [3.63, 3.8) is 0 Å². The highest BCUT2D eigenvalue weighted by atomic mass is 16.5. The van der Waals surface area contributed by atoms with Crippen molar-refractivity contribution < 1.29 is 4.74 Å². The molecule has 0 saturated carbocycles. The van der Waals surface area contributed by atoms with Crippen LogP contribution in [0.3, 0.4) is 0 Å². The minimum absolute atomic E-state index is 0.357. The van der Waals surface area contributed by atoms with Gasteiger partial charge >= 0.3 is 0 Å². The smallest absolute Gasteiger partial charge is 0.157 e. The van der Waals surface area contributed by atoms with Crippen molar-refractivity contribution in [3.8, 4) is 6.07 Å². The van der Waals surface area contributed by atoms with E-state index in [2.05, 4.69) is 34.4 Å². The molecule has 1 aromatic carbocycles. The molecule has 0 radical (unpaired) electrons. The number of rotatable bonds is 3. The van der Waals surface area contributed by atoms with Crippen LogP contribution in [0.1, 0.15) is 30.9 Å². The Hall–Kier alpha value is -2.58. The molecule has 5 heteroatoms. The van der Waals surface area contributed by atoms with Gasteiger partial charge in [-0.3, -0.25) is 4.40 Å². The number of piperidine rings is 1. The summed E-state index contributed by atoms with van der Waals surface area (Å²) in [4.78, 5) is 7.13. The molecule has 25 heavy (non-hydrogen) atoms. The number of pyridine rings is 1. The van der Waals surface area contributed by atoms with E-state index in [0.29, 0.717) is 11.7 Å². The molecule has 0 aliphatic carbocycles. The normalized spacial score (nSPS) is 15.8. The Balaban J connectivity index is 1.85. The first-order valence-corrected chi connectivity index (χ1v) is 8.90. The molecular formula is C20H22N4O. The molecule has 1 aliphatic rings. The van der Waals surface area contributed by atoms with Crippen molar-refractivity contribution in [2.45, 2.75) is 32.8 Å². The number of benzene rings is 1. The van der Waals surface area contributed by atoms with Crippen molar-refractivity contribution in [2.24, 2.45) is 0 Å². The Labute approximate surface area is 147 Å². The average Bonchev–Trinajstić information content (AvgIpc) is 3.01. The largest absolute Gasteiger partial charge is 0.378 e. The molecule has 0 atom stereocenters. The van der Waals surface area contributed by atoms with Crippen LogP contribution in [-0.4, -0.2) is 35.2 Å². The van der Waals surface area contributed by atoms with Gasteiger partial charge in [0.05, 0.1) is 22.7 Å². The van der Waals surface area contributed by atoms with Crippen molar-refractivity contribution in [1.29, 1.82) is 5.26 Å². The van der Waals surface area contributed by atoms with E-state index >= 15 is 0 Å². The fourth-order valence-electron chi connectivity index (χ4n) is 3.79. The van der Waals surface area contributed by atoms with Crippen LogP contribution in [0.15, 0.2) is 30.3 Å². The molecule has 0 bridgehead atoms. The van der Waals surface area contributed by atoms with Gasteiger partial charge in [-0.05, 0) is 50.5 Å². The standard InChI is InChI=1S/C20H22N4O/c1-3-25-15-8-10-23(11-9-15)19-12-14(2)16(13-21)20-22-17-6-4-5-7-18(17)24(19)20/h4-7,12,15H,3,8-11H2,1-2H3. The Bertz CT molecular complexity index is 961. The van der Waals surface area contributed by atoms with Crippen LogP contribution in [0.4, 0.5) is 5.82 Å². The third-order valence-corrected chi connectivity index (χ3v) is 5.03. The lowest BCUT2D eigenvalue weighted by Gasteiger charge is -2.34. The lowest BCUT2D eigenvalue weighted by Crippen LogP contribution is -2.38. The maximum atomic E-state index is 9.60. The number of nitriles is 1. The van der Waals surface area contributed by atoms with Gasteiger partial charge in [0.2, 0.25) is 0 Å². The second kappa shape index (κ2) is 6.38. The number of nitrogens with zero attached hydrogens (tertiary/aromatic N) is 4. The Morgan fingerprint density at radius 3 is 2.76 bits per heavy atom. The summed E-state index contributed by atoms with van der Waals surface area (Å²) >= 11 is 0. The molecule has 0 spiro atoms. The number of hydrogen-bond acceptors (Lipinski definition) is 4. The van der Waals surface area contributed by atoms with Crippen molar-refractivity contribution in [3.05, 3.63) is 41.5 Å². The molecule has 5 nitrogen and oxygen atoms in total. The second-order valence-electron chi connectivity index (χ2n) is 6.57. The molecule has 1 aliphatic heterocycles. The van der Waals surface area contributed by atoms with Gasteiger partial charge in [0.1, 0.15) is 11.9 Å². The second-order valence-corrected chi connectivity index (χ2v) is 6.57. The zero-order valence-electron chi connectivity index (χ0n) is 14.7. The summed E-state index contributed by atoms with van der Waals surface area (Å²) in [7, 11) is 0. The van der Waals surface area contributed by atoms with Crippen LogP contribution >= 0.6 is 0 Å². The number of fused-ring (bicyclic) bond motifs is 3. The van der Waals surface area contributed by atoms with E-state index in [1.54, 1.807) is 0 Å². The van der Waals surface area contributed by atoms with Crippen LogP contribution in [0, 0.1) is 18.3 Å². The first-order valence-electron chi connectivity index (χ1n) is 8.90. The third-order valence-electron chi connectivity index (χ3n) is 5.03. The average molecular weight is 334 g/mol. The third kappa shape index (κ3) is 2.63. The maximum Gasteiger partial charge on any atom is 0.157 e. The molecule has 3 heterocycles. The van der Waals surface area contributed by atoms with E-state index in [1.807, 2.05) is 25.1 Å². The van der Waals surface area contributed by atoms with E-state index in [4.69, 9.17) is 9.72 Å². The van der Waals surface area contributed by atoms with Gasteiger partial charge < -0.3 is 9.64 Å². The van der Waals surface area contributed by atoms with Gasteiger partial charge in [0, 0.05) is 19.7 Å². The highest BCUT2D eigenvalue weighted by Gasteiger charge is 2.23. The topological polar surface area (TPSA) is 53.6 Å². The van der Waals surface area contributed by atoms with E-state index in [-0.39, 0.29) is 0 Å². The molecule has 0 unspecified atom stereocenters. The fraction of sp³-hybridized carbons (Fsp3) is 0.400. The Morgan fingerprint density at radius 2 is 2.04 bits per heavy atom. The predicted octanol–water partition coefficient (Wildman–Crippen LogP) is 3.67. The van der Waals surface area contributed by atoms with Crippen LogP contribution in [0.25, 0.3) is 16.7 Å². The SMILES string of the molecule is CCOC1CCN(c2cc(C)c(C#N)c3nc4ccccc4n23)CC1. The van der Waals surface area contributed by atoms with E-state index in [1.165, 1.54) is 0 Å². The minimum atomic E-state index is 0.357. The maximum absolute atomic E-state index is 9.60. The molecular weight excluding hydrogens is 312 g/mol. The number of ether oxygens (including phenoxy) is 1. The lowest BCUT2D eigenvalue weighted by atomic mass is 10.1. The zero-order chi connectivity index (χ0) is 17.4. The molecule has 2 aromatic heterocycles. The number of aryl methyl sites for hydroxylation is 1. The molecule has 3 aromatic rings. The summed E-state index contributed by atoms with van der Waals surface area (Å²) in [6.07, 6.45) is 2.41. The predicted molar refractivity (Wildman–Crippen MR) is 99.0 cm³/mol. The highest BCUT2D eigenvalue weighted by Crippen LogP contribution is 2.30. The molecule has 0 N–H and O–H groups in total. The first-order chi connectivity index (χ1) is 12.2. The van der Waals surface area contributed by atoms with E-state index < -0.39 is 0 Å². The first kappa shape index (κ1) is 15.9. The van der Waals surface area contributed by atoms with Gasteiger partial charge in [-0.2, -0.15) is 5.26 Å². The summed E-state index contributed by atoms with van der Waals surface area (Å²) in [5.74, 6) is 1.12. The number of hydrogen-bond donors (Lipinski definition) is 0. The van der Waals surface area contributed by atoms with Crippen LogP contribution in [0.5, 0.6) is 0 Å². The number of anilines is 1. The lowest BCUT2D eigenvalue weighted by molar-refractivity contribution is 0.0458. The molecule has 4 rings (SSSR count). The Kier molecular flexibility index (Phi) is 4.06. The molecule has 1 saturated heterocycles. The van der Waals surface area contributed by atoms with Gasteiger partial charge in [0.25, 0.3) is 0 Å². The molecule has 128 valence electrons. The molecule has 1 fully saturated rings. The van der Waals surface area contributed by atoms with Gasteiger partial charge in [0.15, 0.2) is 5.65 Å². The summed E-state index contributed by atoms with van der Waals surface area (Å²) in [6.45, 7) is 6.73. The summed E-state index contributed by atoms with van der Waals surface area (Å²) in [6, 6.07) is 12.5. The number of imidazole rings is 1. The van der Waals surface area contributed by atoms with Gasteiger partial charge in [-0.25, -0.2) is 4.98 Å². The van der Waals surface area contributed by atoms with E-state index in [0.717, 1.165) is 60.6 Å². The van der Waals surface area contributed by atoms with E-state index in [9.17, 15) is 5.26 Å². The van der Waals surface area contributed by atoms with Crippen LogP contribution in [-0.2, 0) is 4.74 Å². The van der Waals surface area contributed by atoms with Gasteiger partial charge in [-0.1, -0.05) is 12.1 Å². The van der Waals surface area contributed by atoms with Crippen molar-refractivity contribution >= 4 is 22.5 Å². The zero-order valence-corrected chi connectivity index (χ0v) is 14.7. The minimum Gasteiger partial charge on any atom is -0.378 e. The van der Waals surface area contributed by atoms with Crippen LogP contribution < -0.4 is 4.90 Å². The highest BCUT2D eigenvalue weighted by molar-refractivity contribution is 5.85. The monoisotopic (exact) mass is 334 g/mol. The number of aromatic nitrogens is 2. The summed E-state index contributed by atoms with van der Waals surface area (Å²) in [5, 5.41) is 9.60. The fourth-order valence-corrected chi connectivity index (χ4v) is 3.79.